The maximum atomic E-state index is 12.9. The second-order valence-electron chi connectivity index (χ2n) is 5.85. The Hall–Kier alpha value is -2.77. The first-order valence-corrected chi connectivity index (χ1v) is 11.2. The van der Waals surface area contributed by atoms with E-state index in [0.717, 1.165) is 10.6 Å². The Morgan fingerprint density at radius 2 is 1.46 bits per heavy atom. The molecule has 0 aliphatic heterocycles. The Bertz CT molecular complexity index is 1070. The third kappa shape index (κ3) is 4.74. The van der Waals surface area contributed by atoms with Crippen LogP contribution in [-0.2, 0) is 10.0 Å². The fourth-order valence-electron chi connectivity index (χ4n) is 2.61. The highest BCUT2D eigenvalue weighted by Crippen LogP contribution is 2.28. The molecule has 0 spiro atoms. The van der Waals surface area contributed by atoms with Gasteiger partial charge in [0.25, 0.3) is 15.9 Å². The topological polar surface area (TPSA) is 75.3 Å². The average Bonchev–Trinajstić information content (AvgIpc) is 2.70. The molecule has 0 aliphatic rings. The molecule has 3 aromatic rings. The number of hydrogen-bond acceptors (Lipinski definition) is 4. The van der Waals surface area contributed by atoms with Crippen LogP contribution >= 0.6 is 11.8 Å². The lowest BCUT2D eigenvalue weighted by Crippen LogP contribution is -2.18. The maximum absolute atomic E-state index is 12.9. The van der Waals surface area contributed by atoms with Crippen molar-refractivity contribution in [2.45, 2.75) is 16.7 Å². The molecule has 7 heteroatoms. The molecule has 0 bridgehead atoms. The van der Waals surface area contributed by atoms with Gasteiger partial charge in [-0.25, -0.2) is 8.42 Å². The number of hydrogen-bond donors (Lipinski definition) is 2. The van der Waals surface area contributed by atoms with Crippen LogP contribution in [0.4, 0.5) is 11.4 Å². The number of anilines is 2. The number of rotatable bonds is 7. The van der Waals surface area contributed by atoms with Gasteiger partial charge >= 0.3 is 0 Å². The summed E-state index contributed by atoms with van der Waals surface area (Å²) in [5, 5.41) is 2.88. The van der Waals surface area contributed by atoms with Crippen LogP contribution in [0.5, 0.6) is 0 Å². The molecule has 2 N–H and O–H groups in total. The monoisotopic (exact) mass is 412 g/mol. The zero-order valence-corrected chi connectivity index (χ0v) is 16.9. The molecule has 0 saturated carbocycles. The van der Waals surface area contributed by atoms with E-state index in [1.54, 1.807) is 54.2 Å². The summed E-state index contributed by atoms with van der Waals surface area (Å²) in [5.41, 5.74) is 1.17. The van der Waals surface area contributed by atoms with Gasteiger partial charge in [0, 0.05) is 4.90 Å². The Morgan fingerprint density at radius 3 is 2.18 bits per heavy atom. The summed E-state index contributed by atoms with van der Waals surface area (Å²) >= 11 is 1.62. The molecule has 0 aromatic heterocycles. The molecule has 1 amide bonds. The van der Waals surface area contributed by atoms with Crippen molar-refractivity contribution in [2.24, 2.45) is 0 Å². The maximum Gasteiger partial charge on any atom is 0.261 e. The molecule has 0 unspecified atom stereocenters. The summed E-state index contributed by atoms with van der Waals surface area (Å²) in [6.45, 7) is 2.04. The Balaban J connectivity index is 1.87. The van der Waals surface area contributed by atoms with Crippen molar-refractivity contribution in [1.82, 2.24) is 0 Å². The quantitative estimate of drug-likeness (QED) is 0.544. The summed E-state index contributed by atoms with van der Waals surface area (Å²) in [5.74, 6) is 0.496. The minimum Gasteiger partial charge on any atom is -0.321 e. The van der Waals surface area contributed by atoms with Gasteiger partial charge in [-0.1, -0.05) is 49.4 Å². The number of carbonyl (C=O) groups is 1. The SMILES string of the molecule is CCSc1ccccc1NC(=O)c1ccccc1NS(=O)(=O)c1ccccc1. The lowest BCUT2D eigenvalue weighted by Gasteiger charge is -2.14. The van der Waals surface area contributed by atoms with Crippen LogP contribution < -0.4 is 10.0 Å². The van der Waals surface area contributed by atoms with Crippen LogP contribution in [0.2, 0.25) is 0 Å². The second-order valence-corrected chi connectivity index (χ2v) is 8.84. The second kappa shape index (κ2) is 8.95. The summed E-state index contributed by atoms with van der Waals surface area (Å²) in [7, 11) is -3.79. The molecular weight excluding hydrogens is 392 g/mol. The van der Waals surface area contributed by atoms with Gasteiger partial charge in [-0.15, -0.1) is 11.8 Å². The van der Waals surface area contributed by atoms with Gasteiger partial charge in [-0.3, -0.25) is 9.52 Å². The zero-order chi connectivity index (χ0) is 20.0. The Morgan fingerprint density at radius 1 is 0.857 bits per heavy atom. The first-order valence-electron chi connectivity index (χ1n) is 8.71. The molecule has 0 radical (unpaired) electrons. The molecule has 5 nitrogen and oxygen atoms in total. The van der Waals surface area contributed by atoms with Crippen LogP contribution in [0.3, 0.4) is 0 Å². The van der Waals surface area contributed by atoms with Gasteiger partial charge in [0.1, 0.15) is 0 Å². The van der Waals surface area contributed by atoms with E-state index < -0.39 is 10.0 Å². The van der Waals surface area contributed by atoms with Gasteiger partial charge in [0.05, 0.1) is 21.8 Å². The van der Waals surface area contributed by atoms with E-state index in [9.17, 15) is 13.2 Å². The van der Waals surface area contributed by atoms with Crippen molar-refractivity contribution >= 4 is 39.1 Å². The smallest absolute Gasteiger partial charge is 0.261 e. The lowest BCUT2D eigenvalue weighted by molar-refractivity contribution is 0.102. The molecule has 0 saturated heterocycles. The predicted molar refractivity (Wildman–Crippen MR) is 114 cm³/mol. The zero-order valence-electron chi connectivity index (χ0n) is 15.3. The molecule has 0 fully saturated rings. The number of carbonyl (C=O) groups excluding carboxylic acids is 1. The van der Waals surface area contributed by atoms with Crippen LogP contribution in [0.1, 0.15) is 17.3 Å². The predicted octanol–water partition coefficient (Wildman–Crippen LogP) is 4.85. The highest BCUT2D eigenvalue weighted by molar-refractivity contribution is 7.99. The van der Waals surface area contributed by atoms with Crippen molar-refractivity contribution in [3.8, 4) is 0 Å². The van der Waals surface area contributed by atoms with Crippen molar-refractivity contribution in [3.63, 3.8) is 0 Å². The molecule has 0 atom stereocenters. The number of sulfonamides is 1. The van der Waals surface area contributed by atoms with E-state index in [4.69, 9.17) is 0 Å². The Kier molecular flexibility index (Phi) is 6.38. The summed E-state index contributed by atoms with van der Waals surface area (Å²) < 4.78 is 27.8. The summed E-state index contributed by atoms with van der Waals surface area (Å²) in [6.07, 6.45) is 0. The fourth-order valence-corrected chi connectivity index (χ4v) is 4.48. The van der Waals surface area contributed by atoms with E-state index in [2.05, 4.69) is 10.0 Å². The van der Waals surface area contributed by atoms with Gasteiger partial charge < -0.3 is 5.32 Å². The van der Waals surface area contributed by atoms with Crippen molar-refractivity contribution in [3.05, 3.63) is 84.4 Å². The molecule has 3 aromatic carbocycles. The molecule has 3 rings (SSSR count). The number of amides is 1. The van der Waals surface area contributed by atoms with Crippen molar-refractivity contribution < 1.29 is 13.2 Å². The van der Waals surface area contributed by atoms with E-state index in [1.807, 2.05) is 31.2 Å². The summed E-state index contributed by atoms with van der Waals surface area (Å²) in [6, 6.07) is 22.1. The van der Waals surface area contributed by atoms with Crippen LogP contribution in [-0.4, -0.2) is 20.1 Å². The van der Waals surface area contributed by atoms with E-state index in [-0.39, 0.29) is 22.1 Å². The number of thioether (sulfide) groups is 1. The van der Waals surface area contributed by atoms with Gasteiger partial charge in [-0.05, 0) is 42.2 Å². The summed E-state index contributed by atoms with van der Waals surface area (Å²) in [4.78, 5) is 14.0. The fraction of sp³-hybridized carbons (Fsp3) is 0.0952. The average molecular weight is 413 g/mol. The highest BCUT2D eigenvalue weighted by atomic mass is 32.2. The van der Waals surface area contributed by atoms with Crippen molar-refractivity contribution in [1.29, 1.82) is 0 Å². The minimum absolute atomic E-state index is 0.134. The molecule has 0 heterocycles. The van der Waals surface area contributed by atoms with Crippen molar-refractivity contribution in [2.75, 3.05) is 15.8 Å². The number of para-hydroxylation sites is 2. The lowest BCUT2D eigenvalue weighted by atomic mass is 10.1. The number of nitrogens with one attached hydrogen (secondary N) is 2. The van der Waals surface area contributed by atoms with Crippen LogP contribution in [0.25, 0.3) is 0 Å². The normalized spacial score (nSPS) is 11.0. The third-order valence-corrected chi connectivity index (χ3v) is 6.24. The van der Waals surface area contributed by atoms with E-state index in [0.29, 0.717) is 5.69 Å². The first-order chi connectivity index (χ1) is 13.5. The standard InChI is InChI=1S/C21H20N2O3S2/c1-2-27-20-15-9-8-14-19(20)22-21(24)17-12-6-7-13-18(17)23-28(25,26)16-10-4-3-5-11-16/h3-15,23H,2H2,1H3,(H,22,24). The number of benzene rings is 3. The van der Waals surface area contributed by atoms with E-state index in [1.165, 1.54) is 12.1 Å². The molecular formula is C21H20N2O3S2. The third-order valence-electron chi connectivity index (χ3n) is 3.90. The Labute approximate surface area is 169 Å². The highest BCUT2D eigenvalue weighted by Gasteiger charge is 2.19. The molecule has 144 valence electrons. The molecule has 28 heavy (non-hydrogen) atoms. The molecule has 0 aliphatic carbocycles. The minimum atomic E-state index is -3.79. The first kappa shape index (κ1) is 20.0. The van der Waals surface area contributed by atoms with Crippen LogP contribution in [0.15, 0.2) is 88.7 Å². The van der Waals surface area contributed by atoms with Crippen LogP contribution in [0, 0.1) is 0 Å². The van der Waals surface area contributed by atoms with Gasteiger partial charge in [0.2, 0.25) is 0 Å². The van der Waals surface area contributed by atoms with Gasteiger partial charge in [-0.2, -0.15) is 0 Å². The van der Waals surface area contributed by atoms with Gasteiger partial charge in [0.15, 0.2) is 0 Å². The largest absolute Gasteiger partial charge is 0.321 e. The van der Waals surface area contributed by atoms with E-state index >= 15 is 0 Å².